The Morgan fingerprint density at radius 3 is 2.83 bits per heavy atom. The molecule has 1 spiro atoms. The number of halogens is 4. The first-order chi connectivity index (χ1) is 23.4. The van der Waals surface area contributed by atoms with Crippen molar-refractivity contribution in [3.8, 4) is 23.0 Å². The zero-order valence-electron chi connectivity index (χ0n) is 27.4. The van der Waals surface area contributed by atoms with E-state index in [1.807, 2.05) is 0 Å². The number of ether oxygens (including phenoxy) is 3. The van der Waals surface area contributed by atoms with Gasteiger partial charge in [0.25, 0.3) is 0 Å². The quantitative estimate of drug-likeness (QED) is 0.203. The molecule has 13 heteroatoms. The third-order valence-corrected chi connectivity index (χ3v) is 10.9. The number of aromatic nitrogens is 3. The summed E-state index contributed by atoms with van der Waals surface area (Å²) in [6.07, 6.45) is 5.70. The highest BCUT2D eigenvalue weighted by Crippen LogP contribution is 2.60. The lowest BCUT2D eigenvalue weighted by atomic mass is 9.89. The molecule has 9 rings (SSSR count). The summed E-state index contributed by atoms with van der Waals surface area (Å²) in [4.78, 5) is 18.0. The second-order valence-corrected chi connectivity index (χ2v) is 13.8. The molecule has 4 aromatic rings. The molecule has 2 saturated carbocycles. The number of nitrogens with two attached hydrogens (primary N) is 1. The van der Waals surface area contributed by atoms with Gasteiger partial charge in [0.15, 0.2) is 17.4 Å². The summed E-state index contributed by atoms with van der Waals surface area (Å²) in [6.45, 7) is -0.475. The monoisotopic (exact) mass is 652 g/mol. The topological polar surface area (TPSA) is 98.9 Å². The van der Waals surface area contributed by atoms with Gasteiger partial charge in [-0.2, -0.15) is 9.97 Å². The van der Waals surface area contributed by atoms with Gasteiger partial charge in [0, 0.05) is 41.8 Å². The van der Waals surface area contributed by atoms with Gasteiger partial charge in [-0.25, -0.2) is 17.6 Å². The molecule has 5 aliphatic rings. The molecular weight excluding hydrogens is 616 g/mol. The predicted molar refractivity (Wildman–Crippen MR) is 167 cm³/mol. The SMILES string of the molecule is [2H]C([2H])(F)Oc1c(F)ccc2cc(N)cc(-c3ncc4c(N5CCOC[C@H]6[C@H](F)[C@H]65)nc(OC[C@@]56CCCN5CC5(CC5)C6)nc4c3F)c12. The van der Waals surface area contributed by atoms with E-state index < -0.39 is 36.4 Å². The summed E-state index contributed by atoms with van der Waals surface area (Å²) < 4.78 is 92.6. The Morgan fingerprint density at radius 2 is 2.00 bits per heavy atom. The van der Waals surface area contributed by atoms with Crippen LogP contribution in [-0.2, 0) is 4.74 Å². The van der Waals surface area contributed by atoms with Gasteiger partial charge >= 0.3 is 6.01 Å². The van der Waals surface area contributed by atoms with Crippen molar-refractivity contribution in [1.82, 2.24) is 19.9 Å². The van der Waals surface area contributed by atoms with Crippen molar-refractivity contribution < 1.29 is 34.5 Å². The highest BCUT2D eigenvalue weighted by molar-refractivity contribution is 6.04. The van der Waals surface area contributed by atoms with Crippen LogP contribution in [0.2, 0.25) is 0 Å². The van der Waals surface area contributed by atoms with Crippen LogP contribution in [0.4, 0.5) is 29.1 Å². The third-order valence-electron chi connectivity index (χ3n) is 10.9. The predicted octanol–water partition coefficient (Wildman–Crippen LogP) is 5.58. The van der Waals surface area contributed by atoms with E-state index in [-0.39, 0.29) is 68.5 Å². The van der Waals surface area contributed by atoms with E-state index >= 15 is 13.2 Å². The average Bonchev–Trinajstić information content (AvgIpc) is 3.89. The number of hydrogen-bond donors (Lipinski definition) is 1. The number of alkyl halides is 2. The molecule has 246 valence electrons. The van der Waals surface area contributed by atoms with Crippen LogP contribution >= 0.6 is 0 Å². The zero-order valence-corrected chi connectivity index (χ0v) is 25.4. The van der Waals surface area contributed by atoms with Crippen molar-refractivity contribution in [1.29, 1.82) is 0 Å². The zero-order chi connectivity index (χ0) is 33.9. The smallest absolute Gasteiger partial charge is 0.319 e. The maximum Gasteiger partial charge on any atom is 0.319 e. The number of fused-ring (bicyclic) bond motifs is 4. The molecule has 3 aliphatic heterocycles. The van der Waals surface area contributed by atoms with E-state index in [0.29, 0.717) is 25.2 Å². The molecular formula is C34H34F4N6O3. The molecule has 0 radical (unpaired) electrons. The van der Waals surface area contributed by atoms with Gasteiger partial charge in [-0.1, -0.05) is 6.07 Å². The van der Waals surface area contributed by atoms with Gasteiger partial charge in [-0.15, -0.1) is 0 Å². The van der Waals surface area contributed by atoms with Crippen LogP contribution in [0.5, 0.6) is 11.8 Å². The Hall–Kier alpha value is -3.97. The fraction of sp³-hybridized carbons (Fsp3) is 0.500. The van der Waals surface area contributed by atoms with Crippen LogP contribution in [0.3, 0.4) is 0 Å². The highest BCUT2D eigenvalue weighted by atomic mass is 19.1. The van der Waals surface area contributed by atoms with E-state index in [2.05, 4.69) is 14.9 Å². The van der Waals surface area contributed by atoms with E-state index in [1.165, 1.54) is 37.2 Å². The number of anilines is 2. The lowest BCUT2D eigenvalue weighted by molar-refractivity contribution is 0.107. The third kappa shape index (κ3) is 4.60. The summed E-state index contributed by atoms with van der Waals surface area (Å²) in [7, 11) is 0. The van der Waals surface area contributed by atoms with Gasteiger partial charge in [-0.3, -0.25) is 9.88 Å². The van der Waals surface area contributed by atoms with Gasteiger partial charge in [-0.05, 0) is 67.6 Å². The minimum absolute atomic E-state index is 0.0626. The van der Waals surface area contributed by atoms with Crippen LogP contribution in [0.15, 0.2) is 30.5 Å². The van der Waals surface area contributed by atoms with Crippen LogP contribution in [0.1, 0.15) is 34.8 Å². The first kappa shape index (κ1) is 27.0. The first-order valence-electron chi connectivity index (χ1n) is 17.1. The lowest BCUT2D eigenvalue weighted by Gasteiger charge is -2.31. The van der Waals surface area contributed by atoms with Gasteiger partial charge in [0.2, 0.25) is 6.81 Å². The molecule has 9 nitrogen and oxygen atoms in total. The Labute approximate surface area is 270 Å². The van der Waals surface area contributed by atoms with Crippen molar-refractivity contribution in [2.75, 3.05) is 56.9 Å². The maximum atomic E-state index is 17.0. The Kier molecular flexibility index (Phi) is 6.05. The molecule has 2 aliphatic carbocycles. The van der Waals surface area contributed by atoms with E-state index in [0.717, 1.165) is 38.4 Å². The molecule has 4 atom stereocenters. The fourth-order valence-corrected chi connectivity index (χ4v) is 8.46. The number of nitrogens with zero attached hydrogens (tertiary/aromatic N) is 5. The highest BCUT2D eigenvalue weighted by Gasteiger charge is 2.60. The van der Waals surface area contributed by atoms with E-state index in [4.69, 9.17) is 27.7 Å². The van der Waals surface area contributed by atoms with Crippen LogP contribution < -0.4 is 20.1 Å². The molecule has 2 aromatic heterocycles. The van der Waals surface area contributed by atoms with Crippen molar-refractivity contribution in [3.63, 3.8) is 0 Å². The summed E-state index contributed by atoms with van der Waals surface area (Å²) in [5.41, 5.74) is 5.99. The van der Waals surface area contributed by atoms with E-state index in [1.54, 1.807) is 4.90 Å². The molecule has 0 unspecified atom stereocenters. The Morgan fingerprint density at radius 1 is 1.13 bits per heavy atom. The standard InChI is InChI=1S/C34H34F4N6O3/c35-17-47-30-23(36)3-2-18-10-19(39)11-20(24(18)30)27-26(38)28-21(12-40-27)31(44-8-9-45-13-22-25(37)29(22)44)42-32(41-28)46-16-34-4-1-7-43(34)15-33(14-34)5-6-33/h2-3,10-12,22,25,29H,1,4-9,13-17,39H2/t22-,25-,29-,34-/m0/s1/i17D2. The number of pyridine rings is 1. The summed E-state index contributed by atoms with van der Waals surface area (Å²) in [6, 6.07) is 4.53. The van der Waals surface area contributed by atoms with Gasteiger partial charge in [0.1, 0.15) is 32.5 Å². The fourth-order valence-electron chi connectivity index (χ4n) is 8.46. The van der Waals surface area contributed by atoms with Crippen molar-refractivity contribution in [3.05, 3.63) is 42.1 Å². The van der Waals surface area contributed by atoms with Crippen LogP contribution in [0, 0.1) is 23.0 Å². The maximum absolute atomic E-state index is 17.0. The molecule has 2 aromatic carbocycles. The molecule has 5 heterocycles. The minimum atomic E-state index is -3.74. The number of rotatable bonds is 7. The van der Waals surface area contributed by atoms with E-state index in [9.17, 15) is 4.39 Å². The molecule has 0 amide bonds. The molecule has 0 bridgehead atoms. The van der Waals surface area contributed by atoms with Crippen molar-refractivity contribution in [2.45, 2.75) is 49.9 Å². The number of nitrogen functional groups attached to an aromatic ring is 1. The Balaban J connectivity index is 1.19. The second-order valence-electron chi connectivity index (χ2n) is 13.8. The summed E-state index contributed by atoms with van der Waals surface area (Å²) in [5, 5.41) is 0.324. The first-order valence-corrected chi connectivity index (χ1v) is 16.1. The minimum Gasteiger partial charge on any atom is -0.461 e. The van der Waals surface area contributed by atoms with Gasteiger partial charge < -0.3 is 24.8 Å². The summed E-state index contributed by atoms with van der Waals surface area (Å²) >= 11 is 0. The molecule has 3 saturated heterocycles. The average molecular weight is 653 g/mol. The molecule has 47 heavy (non-hydrogen) atoms. The molecule has 5 fully saturated rings. The lowest BCUT2D eigenvalue weighted by Crippen LogP contribution is -2.43. The second kappa shape index (κ2) is 10.5. The van der Waals surface area contributed by atoms with Gasteiger partial charge in [0.05, 0.1) is 30.2 Å². The van der Waals surface area contributed by atoms with Crippen molar-refractivity contribution in [2.24, 2.45) is 11.3 Å². The normalized spacial score (nSPS) is 28.6. The summed E-state index contributed by atoms with van der Waals surface area (Å²) in [5.74, 6) is -2.84. The number of benzene rings is 2. The van der Waals surface area contributed by atoms with Crippen LogP contribution in [-0.4, -0.2) is 83.9 Å². The Bertz CT molecular complexity index is 2020. The number of hydrogen-bond acceptors (Lipinski definition) is 9. The molecule has 2 N–H and O–H groups in total. The largest absolute Gasteiger partial charge is 0.461 e. The van der Waals surface area contributed by atoms with Crippen molar-refractivity contribution >= 4 is 33.2 Å². The van der Waals surface area contributed by atoms with Crippen LogP contribution in [0.25, 0.3) is 32.9 Å².